The van der Waals surface area contributed by atoms with Gasteiger partial charge in [-0.05, 0) is 54.7 Å². The Morgan fingerprint density at radius 3 is 2.28 bits per heavy atom. The number of phenols is 1. The molecule has 0 aliphatic carbocycles. The summed E-state index contributed by atoms with van der Waals surface area (Å²) < 4.78 is 0. The molecule has 1 aliphatic heterocycles. The lowest BCUT2D eigenvalue weighted by Crippen LogP contribution is -2.34. The van der Waals surface area contributed by atoms with Crippen LogP contribution in [0.4, 0.5) is 10.5 Å². The number of rotatable bonds is 5. The molecule has 2 aromatic carbocycles. The minimum absolute atomic E-state index is 0.202. The van der Waals surface area contributed by atoms with Gasteiger partial charge < -0.3 is 20.6 Å². The molecule has 1 saturated heterocycles. The first-order valence-corrected chi connectivity index (χ1v) is 8.84. The number of benzene rings is 2. The lowest BCUT2D eigenvalue weighted by molar-refractivity contribution is 0.240. The van der Waals surface area contributed by atoms with Crippen molar-refractivity contribution in [2.75, 3.05) is 18.0 Å². The van der Waals surface area contributed by atoms with E-state index in [-0.39, 0.29) is 11.8 Å². The van der Waals surface area contributed by atoms with E-state index in [9.17, 15) is 9.90 Å². The van der Waals surface area contributed by atoms with E-state index in [1.54, 1.807) is 18.2 Å². The summed E-state index contributed by atoms with van der Waals surface area (Å²) in [6, 6.07) is 15.0. The number of anilines is 1. The van der Waals surface area contributed by atoms with Gasteiger partial charge in [-0.3, -0.25) is 0 Å². The van der Waals surface area contributed by atoms with Crippen LogP contribution >= 0.6 is 0 Å². The second-order valence-electron chi connectivity index (χ2n) is 6.42. The maximum absolute atomic E-state index is 11.9. The van der Waals surface area contributed by atoms with Gasteiger partial charge in [0.05, 0.1) is 0 Å². The van der Waals surface area contributed by atoms with Gasteiger partial charge in [-0.1, -0.05) is 24.3 Å². The Morgan fingerprint density at radius 1 is 0.920 bits per heavy atom. The van der Waals surface area contributed by atoms with E-state index in [1.807, 2.05) is 6.07 Å². The molecule has 5 nitrogen and oxygen atoms in total. The molecule has 0 unspecified atom stereocenters. The standard InChI is InChI=1S/C20H25N3O2/c24-19-6-4-5-17(13-19)15-22-20(25)21-14-16-7-9-18(10-8-16)23-11-2-1-3-12-23/h4-10,13,24H,1-3,11-12,14-15H2,(H2,21,22,25). The fourth-order valence-electron chi connectivity index (χ4n) is 3.07. The number of urea groups is 1. The number of carbonyl (C=O) groups is 1. The zero-order valence-electron chi connectivity index (χ0n) is 14.4. The van der Waals surface area contributed by atoms with Gasteiger partial charge >= 0.3 is 6.03 Å². The minimum atomic E-state index is -0.219. The van der Waals surface area contributed by atoms with Crippen molar-refractivity contribution < 1.29 is 9.90 Å². The van der Waals surface area contributed by atoms with Crippen molar-refractivity contribution in [2.24, 2.45) is 0 Å². The van der Waals surface area contributed by atoms with E-state index in [1.165, 1.54) is 24.9 Å². The summed E-state index contributed by atoms with van der Waals surface area (Å²) in [4.78, 5) is 14.3. The number of carbonyl (C=O) groups excluding carboxylic acids is 1. The van der Waals surface area contributed by atoms with Crippen molar-refractivity contribution >= 4 is 11.7 Å². The molecule has 1 heterocycles. The highest BCUT2D eigenvalue weighted by Gasteiger charge is 2.10. The largest absolute Gasteiger partial charge is 0.508 e. The Labute approximate surface area is 148 Å². The second-order valence-corrected chi connectivity index (χ2v) is 6.42. The van der Waals surface area contributed by atoms with Crippen molar-refractivity contribution in [2.45, 2.75) is 32.4 Å². The third kappa shape index (κ3) is 5.14. The van der Waals surface area contributed by atoms with E-state index in [0.29, 0.717) is 13.1 Å². The van der Waals surface area contributed by atoms with Crippen LogP contribution in [0.2, 0.25) is 0 Å². The van der Waals surface area contributed by atoms with E-state index < -0.39 is 0 Å². The summed E-state index contributed by atoms with van der Waals surface area (Å²) in [5, 5.41) is 15.1. The minimum Gasteiger partial charge on any atom is -0.508 e. The quantitative estimate of drug-likeness (QED) is 0.782. The highest BCUT2D eigenvalue weighted by Crippen LogP contribution is 2.20. The normalized spacial score (nSPS) is 14.2. The maximum atomic E-state index is 11.9. The third-order valence-corrected chi connectivity index (χ3v) is 4.47. The van der Waals surface area contributed by atoms with Gasteiger partial charge in [-0.25, -0.2) is 4.79 Å². The molecular formula is C20H25N3O2. The molecule has 5 heteroatoms. The molecule has 132 valence electrons. The van der Waals surface area contributed by atoms with Crippen molar-refractivity contribution in [3.05, 3.63) is 59.7 Å². The number of amides is 2. The van der Waals surface area contributed by atoms with Gasteiger partial charge in [0.1, 0.15) is 5.75 Å². The highest BCUT2D eigenvalue weighted by molar-refractivity contribution is 5.73. The number of piperidine rings is 1. The van der Waals surface area contributed by atoms with Crippen LogP contribution < -0.4 is 15.5 Å². The molecule has 0 aromatic heterocycles. The van der Waals surface area contributed by atoms with Gasteiger partial charge in [0, 0.05) is 31.9 Å². The SMILES string of the molecule is O=C(NCc1ccc(N2CCCCC2)cc1)NCc1cccc(O)c1. The van der Waals surface area contributed by atoms with E-state index >= 15 is 0 Å². The molecule has 2 amide bonds. The number of nitrogens with zero attached hydrogens (tertiary/aromatic N) is 1. The van der Waals surface area contributed by atoms with E-state index in [2.05, 4.69) is 39.8 Å². The summed E-state index contributed by atoms with van der Waals surface area (Å²) >= 11 is 0. The zero-order chi connectivity index (χ0) is 17.5. The summed E-state index contributed by atoms with van der Waals surface area (Å²) in [5.41, 5.74) is 3.20. The number of nitrogens with one attached hydrogen (secondary N) is 2. The molecule has 3 N–H and O–H groups in total. The highest BCUT2D eigenvalue weighted by atomic mass is 16.3. The molecule has 25 heavy (non-hydrogen) atoms. The topological polar surface area (TPSA) is 64.6 Å². The summed E-state index contributed by atoms with van der Waals surface area (Å²) in [6.07, 6.45) is 3.86. The number of hydrogen-bond donors (Lipinski definition) is 3. The fraction of sp³-hybridized carbons (Fsp3) is 0.350. The number of hydrogen-bond acceptors (Lipinski definition) is 3. The summed E-state index contributed by atoms with van der Waals surface area (Å²) in [7, 11) is 0. The predicted molar refractivity (Wildman–Crippen MR) is 99.7 cm³/mol. The lowest BCUT2D eigenvalue weighted by atomic mass is 10.1. The van der Waals surface area contributed by atoms with Crippen LogP contribution in [0.25, 0.3) is 0 Å². The molecular weight excluding hydrogens is 314 g/mol. The Hall–Kier alpha value is -2.69. The molecule has 1 fully saturated rings. The van der Waals surface area contributed by atoms with Crippen molar-refractivity contribution in [3.8, 4) is 5.75 Å². The van der Waals surface area contributed by atoms with Crippen LogP contribution in [0.3, 0.4) is 0 Å². The Kier molecular flexibility index (Phi) is 5.77. The molecule has 2 aromatic rings. The van der Waals surface area contributed by atoms with Gasteiger partial charge in [0.25, 0.3) is 0 Å². The Bertz CT molecular complexity index is 694. The predicted octanol–water partition coefficient (Wildman–Crippen LogP) is 3.38. The molecule has 0 radical (unpaired) electrons. The maximum Gasteiger partial charge on any atom is 0.315 e. The van der Waals surface area contributed by atoms with Crippen LogP contribution in [0.1, 0.15) is 30.4 Å². The molecule has 3 rings (SSSR count). The van der Waals surface area contributed by atoms with Crippen molar-refractivity contribution in [1.82, 2.24) is 10.6 Å². The van der Waals surface area contributed by atoms with Gasteiger partial charge in [0.15, 0.2) is 0 Å². The Balaban J connectivity index is 1.43. The molecule has 0 atom stereocenters. The molecule has 0 saturated carbocycles. The van der Waals surface area contributed by atoms with Gasteiger partial charge in [0.2, 0.25) is 0 Å². The second kappa shape index (κ2) is 8.42. The van der Waals surface area contributed by atoms with Crippen molar-refractivity contribution in [3.63, 3.8) is 0 Å². The first kappa shape index (κ1) is 17.1. The van der Waals surface area contributed by atoms with Gasteiger partial charge in [-0.15, -0.1) is 0 Å². The monoisotopic (exact) mass is 339 g/mol. The molecule has 0 spiro atoms. The fourth-order valence-corrected chi connectivity index (χ4v) is 3.07. The average molecular weight is 339 g/mol. The van der Waals surface area contributed by atoms with Crippen LogP contribution in [0.15, 0.2) is 48.5 Å². The Morgan fingerprint density at radius 2 is 1.60 bits per heavy atom. The molecule has 1 aliphatic rings. The van der Waals surface area contributed by atoms with E-state index in [0.717, 1.165) is 24.2 Å². The smallest absolute Gasteiger partial charge is 0.315 e. The van der Waals surface area contributed by atoms with Crippen LogP contribution in [-0.4, -0.2) is 24.2 Å². The lowest BCUT2D eigenvalue weighted by Gasteiger charge is -2.28. The van der Waals surface area contributed by atoms with Gasteiger partial charge in [-0.2, -0.15) is 0 Å². The first-order valence-electron chi connectivity index (χ1n) is 8.84. The number of aromatic hydroxyl groups is 1. The van der Waals surface area contributed by atoms with Crippen LogP contribution in [-0.2, 0) is 13.1 Å². The first-order chi connectivity index (χ1) is 12.2. The molecule has 0 bridgehead atoms. The zero-order valence-corrected chi connectivity index (χ0v) is 14.4. The summed E-state index contributed by atoms with van der Waals surface area (Å²) in [6.45, 7) is 3.14. The summed E-state index contributed by atoms with van der Waals surface area (Å²) in [5.74, 6) is 0.202. The van der Waals surface area contributed by atoms with Crippen molar-refractivity contribution in [1.29, 1.82) is 0 Å². The van der Waals surface area contributed by atoms with Crippen LogP contribution in [0, 0.1) is 0 Å². The third-order valence-electron chi connectivity index (χ3n) is 4.47. The average Bonchev–Trinajstić information content (AvgIpc) is 2.66. The number of phenolic OH excluding ortho intramolecular Hbond substituents is 1. The van der Waals surface area contributed by atoms with Crippen LogP contribution in [0.5, 0.6) is 5.75 Å². The van der Waals surface area contributed by atoms with E-state index in [4.69, 9.17) is 0 Å².